The molecular formula is C20H23IN2O. The molecule has 2 aromatic carbocycles. The Balaban J connectivity index is 1.44. The lowest BCUT2D eigenvalue weighted by Crippen LogP contribution is -2.33. The summed E-state index contributed by atoms with van der Waals surface area (Å²) in [6, 6.07) is 14.6. The number of rotatable bonds is 5. The molecular weight excluding hydrogens is 411 g/mol. The molecule has 126 valence electrons. The van der Waals surface area contributed by atoms with Gasteiger partial charge in [-0.3, -0.25) is 9.69 Å². The van der Waals surface area contributed by atoms with Gasteiger partial charge in [0, 0.05) is 29.7 Å². The SMILES string of the molecule is Cc1ccc(C(=O)NCCCN2CCc3ccccc3C2)c(I)c1. The molecule has 3 rings (SSSR count). The normalized spacial score (nSPS) is 14.2. The summed E-state index contributed by atoms with van der Waals surface area (Å²) in [5, 5.41) is 3.05. The highest BCUT2D eigenvalue weighted by Crippen LogP contribution is 2.18. The first kappa shape index (κ1) is 17.4. The van der Waals surface area contributed by atoms with Gasteiger partial charge in [0.25, 0.3) is 5.91 Å². The number of benzene rings is 2. The zero-order chi connectivity index (χ0) is 16.9. The summed E-state index contributed by atoms with van der Waals surface area (Å²) < 4.78 is 1.01. The number of carbonyl (C=O) groups is 1. The number of nitrogens with zero attached hydrogens (tertiary/aromatic N) is 1. The second-order valence-electron chi connectivity index (χ2n) is 6.39. The van der Waals surface area contributed by atoms with E-state index in [0.717, 1.165) is 48.2 Å². The maximum absolute atomic E-state index is 12.3. The van der Waals surface area contributed by atoms with Crippen molar-refractivity contribution in [1.29, 1.82) is 0 Å². The fraction of sp³-hybridized carbons (Fsp3) is 0.350. The van der Waals surface area contributed by atoms with Crippen molar-refractivity contribution in [2.24, 2.45) is 0 Å². The third-order valence-corrected chi connectivity index (χ3v) is 5.41. The van der Waals surface area contributed by atoms with Crippen LogP contribution >= 0.6 is 22.6 Å². The topological polar surface area (TPSA) is 32.3 Å². The molecule has 0 atom stereocenters. The molecule has 0 bridgehead atoms. The molecule has 24 heavy (non-hydrogen) atoms. The molecule has 0 unspecified atom stereocenters. The maximum Gasteiger partial charge on any atom is 0.252 e. The van der Waals surface area contributed by atoms with Crippen molar-refractivity contribution in [1.82, 2.24) is 10.2 Å². The van der Waals surface area contributed by atoms with Gasteiger partial charge in [0.2, 0.25) is 0 Å². The molecule has 1 amide bonds. The standard InChI is InChI=1S/C20H23IN2O/c1-15-7-8-18(19(21)13-15)20(24)22-10-4-11-23-12-9-16-5-2-3-6-17(16)14-23/h2-3,5-8,13H,4,9-12,14H2,1H3,(H,22,24). The highest BCUT2D eigenvalue weighted by atomic mass is 127. The van der Waals surface area contributed by atoms with Gasteiger partial charge in [0.1, 0.15) is 0 Å². The quantitative estimate of drug-likeness (QED) is 0.574. The van der Waals surface area contributed by atoms with E-state index in [0.29, 0.717) is 0 Å². The van der Waals surface area contributed by atoms with Gasteiger partial charge in [-0.2, -0.15) is 0 Å². The van der Waals surface area contributed by atoms with Gasteiger partial charge in [0.15, 0.2) is 0 Å². The molecule has 1 aliphatic rings. The molecule has 0 aromatic heterocycles. The largest absolute Gasteiger partial charge is 0.352 e. The average molecular weight is 434 g/mol. The molecule has 0 radical (unpaired) electrons. The fourth-order valence-electron chi connectivity index (χ4n) is 3.15. The van der Waals surface area contributed by atoms with Crippen LogP contribution in [0.25, 0.3) is 0 Å². The van der Waals surface area contributed by atoms with Gasteiger partial charge < -0.3 is 5.32 Å². The molecule has 0 fully saturated rings. The predicted octanol–water partition coefficient (Wildman–Crippen LogP) is 3.78. The third kappa shape index (κ3) is 4.36. The van der Waals surface area contributed by atoms with Crippen LogP contribution in [0.1, 0.15) is 33.5 Å². The molecule has 1 heterocycles. The monoisotopic (exact) mass is 434 g/mol. The van der Waals surface area contributed by atoms with E-state index in [9.17, 15) is 4.79 Å². The maximum atomic E-state index is 12.3. The van der Waals surface area contributed by atoms with E-state index >= 15 is 0 Å². The summed E-state index contributed by atoms with van der Waals surface area (Å²) >= 11 is 2.23. The second-order valence-corrected chi connectivity index (χ2v) is 7.55. The molecule has 0 saturated carbocycles. The van der Waals surface area contributed by atoms with Crippen molar-refractivity contribution in [3.8, 4) is 0 Å². The van der Waals surface area contributed by atoms with Crippen LogP contribution in [0.5, 0.6) is 0 Å². The fourth-order valence-corrected chi connectivity index (χ4v) is 4.07. The Labute approximate surface area is 157 Å². The van der Waals surface area contributed by atoms with Gasteiger partial charge >= 0.3 is 0 Å². The van der Waals surface area contributed by atoms with E-state index in [1.807, 2.05) is 25.1 Å². The average Bonchev–Trinajstić information content (AvgIpc) is 2.58. The zero-order valence-corrected chi connectivity index (χ0v) is 16.2. The number of halogens is 1. The molecule has 0 aliphatic carbocycles. The van der Waals surface area contributed by atoms with Crippen LogP contribution in [0.3, 0.4) is 0 Å². The Morgan fingerprint density at radius 3 is 2.79 bits per heavy atom. The lowest BCUT2D eigenvalue weighted by molar-refractivity contribution is 0.0950. The van der Waals surface area contributed by atoms with Crippen molar-refractivity contribution in [3.05, 3.63) is 68.3 Å². The number of carbonyl (C=O) groups excluding carboxylic acids is 1. The van der Waals surface area contributed by atoms with E-state index < -0.39 is 0 Å². The van der Waals surface area contributed by atoms with Crippen molar-refractivity contribution in [2.75, 3.05) is 19.6 Å². The van der Waals surface area contributed by atoms with Crippen LogP contribution in [-0.4, -0.2) is 30.4 Å². The summed E-state index contributed by atoms with van der Waals surface area (Å²) in [7, 11) is 0. The first-order valence-electron chi connectivity index (χ1n) is 8.47. The summed E-state index contributed by atoms with van der Waals surface area (Å²) in [5.74, 6) is 0.0309. The number of hydrogen-bond donors (Lipinski definition) is 1. The Morgan fingerprint density at radius 2 is 2.00 bits per heavy atom. The van der Waals surface area contributed by atoms with E-state index in [1.165, 1.54) is 16.7 Å². The lowest BCUT2D eigenvalue weighted by atomic mass is 10.00. The highest BCUT2D eigenvalue weighted by molar-refractivity contribution is 14.1. The predicted molar refractivity (Wildman–Crippen MR) is 106 cm³/mol. The minimum Gasteiger partial charge on any atom is -0.352 e. The molecule has 3 nitrogen and oxygen atoms in total. The van der Waals surface area contributed by atoms with Crippen LogP contribution in [0.2, 0.25) is 0 Å². The molecule has 0 saturated heterocycles. The number of amides is 1. The van der Waals surface area contributed by atoms with Gasteiger partial charge in [-0.05, 0) is 65.6 Å². The van der Waals surface area contributed by atoms with Crippen LogP contribution in [-0.2, 0) is 13.0 Å². The van der Waals surface area contributed by atoms with E-state index in [-0.39, 0.29) is 5.91 Å². The third-order valence-electron chi connectivity index (χ3n) is 4.52. The van der Waals surface area contributed by atoms with Gasteiger partial charge in [-0.15, -0.1) is 0 Å². The van der Waals surface area contributed by atoms with Crippen LogP contribution in [0, 0.1) is 10.5 Å². The number of fused-ring (bicyclic) bond motifs is 1. The molecule has 2 aromatic rings. The van der Waals surface area contributed by atoms with Gasteiger partial charge in [-0.1, -0.05) is 35.9 Å². The van der Waals surface area contributed by atoms with Crippen LogP contribution < -0.4 is 5.32 Å². The Kier molecular flexibility index (Phi) is 5.89. The van der Waals surface area contributed by atoms with Crippen LogP contribution in [0.4, 0.5) is 0 Å². The Bertz CT molecular complexity index is 729. The number of hydrogen-bond acceptors (Lipinski definition) is 2. The molecule has 1 N–H and O–H groups in total. The van der Waals surface area contributed by atoms with E-state index in [2.05, 4.69) is 57.1 Å². The first-order valence-corrected chi connectivity index (χ1v) is 9.55. The van der Waals surface area contributed by atoms with E-state index in [1.54, 1.807) is 0 Å². The summed E-state index contributed by atoms with van der Waals surface area (Å²) in [4.78, 5) is 14.7. The second kappa shape index (κ2) is 8.12. The van der Waals surface area contributed by atoms with Crippen molar-refractivity contribution in [2.45, 2.75) is 26.3 Å². The summed E-state index contributed by atoms with van der Waals surface area (Å²) in [6.07, 6.45) is 2.11. The number of nitrogens with one attached hydrogen (secondary N) is 1. The van der Waals surface area contributed by atoms with Crippen LogP contribution in [0.15, 0.2) is 42.5 Å². The Hall–Kier alpha value is -1.40. The zero-order valence-electron chi connectivity index (χ0n) is 14.0. The molecule has 1 aliphatic heterocycles. The minimum atomic E-state index is 0.0309. The Morgan fingerprint density at radius 1 is 1.21 bits per heavy atom. The lowest BCUT2D eigenvalue weighted by Gasteiger charge is -2.28. The number of aryl methyl sites for hydroxylation is 1. The molecule has 4 heteroatoms. The van der Waals surface area contributed by atoms with Gasteiger partial charge in [-0.25, -0.2) is 0 Å². The van der Waals surface area contributed by atoms with Crippen molar-refractivity contribution in [3.63, 3.8) is 0 Å². The van der Waals surface area contributed by atoms with Crippen molar-refractivity contribution >= 4 is 28.5 Å². The summed E-state index contributed by atoms with van der Waals surface area (Å²) in [6.45, 7) is 5.93. The summed E-state index contributed by atoms with van der Waals surface area (Å²) in [5.41, 5.74) is 4.88. The minimum absolute atomic E-state index is 0.0309. The van der Waals surface area contributed by atoms with Crippen molar-refractivity contribution < 1.29 is 4.79 Å². The molecule has 0 spiro atoms. The van der Waals surface area contributed by atoms with E-state index in [4.69, 9.17) is 0 Å². The smallest absolute Gasteiger partial charge is 0.252 e. The highest BCUT2D eigenvalue weighted by Gasteiger charge is 2.15. The van der Waals surface area contributed by atoms with Gasteiger partial charge in [0.05, 0.1) is 5.56 Å². The first-order chi connectivity index (χ1) is 11.6.